The molecular weight excluding hydrogens is 266 g/mol. The maximum Gasteiger partial charge on any atom is 0.179 e. The molecule has 6 heteroatoms. The number of hydrogen-bond acceptors (Lipinski definition) is 5. The third kappa shape index (κ3) is 2.30. The van der Waals surface area contributed by atoms with Gasteiger partial charge in [0.05, 0.1) is 14.2 Å². The van der Waals surface area contributed by atoms with Crippen molar-refractivity contribution in [2.75, 3.05) is 20.5 Å². The molecule has 0 spiro atoms. The molecule has 0 amide bonds. The summed E-state index contributed by atoms with van der Waals surface area (Å²) in [7, 11) is -0.491. The molecule has 2 rings (SSSR count). The van der Waals surface area contributed by atoms with Crippen molar-refractivity contribution in [2.45, 2.75) is 29.7 Å². The van der Waals surface area contributed by atoms with E-state index in [1.54, 1.807) is 12.1 Å². The van der Waals surface area contributed by atoms with Gasteiger partial charge in [0, 0.05) is 17.4 Å². The van der Waals surface area contributed by atoms with Gasteiger partial charge in [0.2, 0.25) is 0 Å². The van der Waals surface area contributed by atoms with Crippen LogP contribution in [0.1, 0.15) is 24.8 Å². The van der Waals surface area contributed by atoms with Gasteiger partial charge >= 0.3 is 0 Å². The van der Waals surface area contributed by atoms with Crippen molar-refractivity contribution in [3.8, 4) is 11.5 Å². The average Bonchev–Trinajstić information content (AvgIpc) is 2.32. The number of ether oxygens (including phenoxy) is 2. The molecule has 106 valence electrons. The summed E-state index contributed by atoms with van der Waals surface area (Å²) in [5, 5.41) is 0. The second kappa shape index (κ2) is 4.68. The molecule has 1 aliphatic carbocycles. The lowest BCUT2D eigenvalue weighted by molar-refractivity contribution is 0.236. The second-order valence-electron chi connectivity index (χ2n) is 4.96. The third-order valence-corrected chi connectivity index (χ3v) is 4.78. The van der Waals surface area contributed by atoms with Crippen LogP contribution in [0.3, 0.4) is 0 Å². The van der Waals surface area contributed by atoms with Crippen LogP contribution in [-0.4, -0.2) is 28.9 Å². The minimum absolute atomic E-state index is 0.150. The number of sulfone groups is 1. The van der Waals surface area contributed by atoms with Gasteiger partial charge in [0.15, 0.2) is 9.84 Å². The number of benzene rings is 1. The van der Waals surface area contributed by atoms with E-state index < -0.39 is 15.4 Å². The molecule has 0 unspecified atom stereocenters. The Balaban J connectivity index is 2.79. The van der Waals surface area contributed by atoms with Crippen LogP contribution in [0.2, 0.25) is 0 Å². The van der Waals surface area contributed by atoms with Crippen molar-refractivity contribution in [1.29, 1.82) is 0 Å². The fourth-order valence-electron chi connectivity index (χ4n) is 2.52. The van der Waals surface area contributed by atoms with E-state index in [2.05, 4.69) is 0 Å². The minimum Gasteiger partial charge on any atom is -0.496 e. The van der Waals surface area contributed by atoms with Crippen LogP contribution in [0.25, 0.3) is 0 Å². The van der Waals surface area contributed by atoms with Crippen LogP contribution in [0.4, 0.5) is 0 Å². The van der Waals surface area contributed by atoms with Crippen LogP contribution in [-0.2, 0) is 15.4 Å². The molecule has 0 aliphatic heterocycles. The Labute approximate surface area is 113 Å². The van der Waals surface area contributed by atoms with Crippen LogP contribution in [0.15, 0.2) is 17.0 Å². The summed E-state index contributed by atoms with van der Waals surface area (Å²) in [6.45, 7) is 0. The summed E-state index contributed by atoms with van der Waals surface area (Å²) in [5.41, 5.74) is 6.23. The molecule has 0 bridgehead atoms. The van der Waals surface area contributed by atoms with Crippen LogP contribution < -0.4 is 15.2 Å². The molecule has 0 saturated heterocycles. The van der Waals surface area contributed by atoms with Crippen molar-refractivity contribution < 1.29 is 17.9 Å². The summed E-state index contributed by atoms with van der Waals surface area (Å²) in [5.74, 6) is 0.818. The summed E-state index contributed by atoms with van der Waals surface area (Å²) in [4.78, 5) is 0.150. The maximum absolute atomic E-state index is 12.1. The van der Waals surface area contributed by atoms with E-state index in [4.69, 9.17) is 15.2 Å². The van der Waals surface area contributed by atoms with Crippen LogP contribution in [0, 0.1) is 0 Å². The van der Waals surface area contributed by atoms with Gasteiger partial charge in [-0.1, -0.05) is 0 Å². The van der Waals surface area contributed by atoms with Gasteiger partial charge in [-0.3, -0.25) is 0 Å². The predicted molar refractivity (Wildman–Crippen MR) is 72.4 cm³/mol. The summed E-state index contributed by atoms with van der Waals surface area (Å²) in [6.07, 6.45) is 3.65. The quantitative estimate of drug-likeness (QED) is 0.905. The Kier molecular flexibility index (Phi) is 3.49. The van der Waals surface area contributed by atoms with Crippen molar-refractivity contribution >= 4 is 9.84 Å². The Morgan fingerprint density at radius 3 is 2.05 bits per heavy atom. The van der Waals surface area contributed by atoms with Gasteiger partial charge in [-0.25, -0.2) is 8.42 Å². The first-order chi connectivity index (χ1) is 8.83. The maximum atomic E-state index is 12.1. The topological polar surface area (TPSA) is 78.6 Å². The van der Waals surface area contributed by atoms with Crippen molar-refractivity contribution in [2.24, 2.45) is 5.73 Å². The molecule has 0 aromatic heterocycles. The van der Waals surface area contributed by atoms with Gasteiger partial charge in [0.25, 0.3) is 0 Å². The molecule has 0 heterocycles. The number of nitrogens with two attached hydrogens (primary N) is 1. The predicted octanol–water partition coefficient (Wildman–Crippen LogP) is 1.45. The lowest BCUT2D eigenvalue weighted by Crippen LogP contribution is -2.44. The van der Waals surface area contributed by atoms with E-state index in [0.717, 1.165) is 25.5 Å². The Morgan fingerprint density at radius 2 is 1.68 bits per heavy atom. The van der Waals surface area contributed by atoms with Crippen molar-refractivity contribution in [1.82, 2.24) is 0 Å². The van der Waals surface area contributed by atoms with E-state index >= 15 is 0 Å². The van der Waals surface area contributed by atoms with Crippen molar-refractivity contribution in [3.05, 3.63) is 17.7 Å². The molecule has 0 radical (unpaired) electrons. The molecule has 19 heavy (non-hydrogen) atoms. The second-order valence-corrected chi connectivity index (χ2v) is 6.91. The normalized spacial score (nSPS) is 17.7. The summed E-state index contributed by atoms with van der Waals surface area (Å²) < 4.78 is 34.7. The number of rotatable bonds is 4. The Hall–Kier alpha value is -1.27. The highest BCUT2D eigenvalue weighted by atomic mass is 32.2. The molecule has 5 nitrogen and oxygen atoms in total. The van der Waals surface area contributed by atoms with Gasteiger partial charge in [-0.15, -0.1) is 0 Å². The van der Waals surface area contributed by atoms with Gasteiger partial charge in [-0.05, 0) is 31.4 Å². The minimum atomic E-state index is -3.45. The summed E-state index contributed by atoms with van der Waals surface area (Å²) in [6, 6.07) is 3.30. The average molecular weight is 285 g/mol. The lowest BCUT2D eigenvalue weighted by atomic mass is 9.72. The van der Waals surface area contributed by atoms with E-state index in [0.29, 0.717) is 17.1 Å². The molecule has 0 atom stereocenters. The monoisotopic (exact) mass is 285 g/mol. The van der Waals surface area contributed by atoms with Gasteiger partial charge in [-0.2, -0.15) is 0 Å². The van der Waals surface area contributed by atoms with E-state index in [1.807, 2.05) is 0 Å². The smallest absolute Gasteiger partial charge is 0.179 e. The molecule has 1 saturated carbocycles. The SMILES string of the molecule is COc1ccc(OC)c(S(C)(=O)=O)c1C1(N)CCC1. The number of hydrogen-bond donors (Lipinski definition) is 1. The van der Waals surface area contributed by atoms with Gasteiger partial charge in [0.1, 0.15) is 16.4 Å². The zero-order chi connectivity index (χ0) is 14.3. The zero-order valence-corrected chi connectivity index (χ0v) is 12.2. The zero-order valence-electron chi connectivity index (χ0n) is 11.4. The highest BCUT2D eigenvalue weighted by Gasteiger charge is 2.41. The molecule has 1 aromatic carbocycles. The first-order valence-electron chi connectivity index (χ1n) is 6.08. The fourth-order valence-corrected chi connectivity index (χ4v) is 3.72. The number of methoxy groups -OCH3 is 2. The van der Waals surface area contributed by atoms with E-state index in [1.165, 1.54) is 14.2 Å². The summed E-state index contributed by atoms with van der Waals surface area (Å²) >= 11 is 0. The van der Waals surface area contributed by atoms with E-state index in [-0.39, 0.29) is 4.90 Å². The lowest BCUT2D eigenvalue weighted by Gasteiger charge is -2.40. The highest BCUT2D eigenvalue weighted by molar-refractivity contribution is 7.90. The van der Waals surface area contributed by atoms with E-state index in [9.17, 15) is 8.42 Å². The largest absolute Gasteiger partial charge is 0.496 e. The fraction of sp³-hybridized carbons (Fsp3) is 0.538. The van der Waals surface area contributed by atoms with Crippen LogP contribution in [0.5, 0.6) is 11.5 Å². The standard InChI is InChI=1S/C13H19NO4S/c1-17-9-5-6-10(18-2)12(19(3,15)16)11(9)13(14)7-4-8-13/h5-6H,4,7-8,14H2,1-3H3. The Bertz CT molecular complexity index is 591. The highest BCUT2D eigenvalue weighted by Crippen LogP contribution is 2.48. The molecule has 1 aromatic rings. The first kappa shape index (κ1) is 14.1. The third-order valence-electron chi connectivity index (χ3n) is 3.64. The molecule has 1 fully saturated rings. The van der Waals surface area contributed by atoms with Crippen LogP contribution >= 0.6 is 0 Å². The Morgan fingerprint density at radius 1 is 1.16 bits per heavy atom. The first-order valence-corrected chi connectivity index (χ1v) is 7.97. The molecule has 2 N–H and O–H groups in total. The van der Waals surface area contributed by atoms with Crippen molar-refractivity contribution in [3.63, 3.8) is 0 Å². The molecule has 1 aliphatic rings. The van der Waals surface area contributed by atoms with Gasteiger partial charge < -0.3 is 15.2 Å². The molecular formula is C13H19NO4S.